The number of hydrogen-bond acceptors (Lipinski definition) is 4. The van der Waals surface area contributed by atoms with Crippen LogP contribution in [0.1, 0.15) is 51.2 Å². The number of nitrogens with one attached hydrogen (secondary N) is 1. The number of benzene rings is 2. The van der Waals surface area contributed by atoms with Crippen LogP contribution in [0.25, 0.3) is 11.1 Å². The summed E-state index contributed by atoms with van der Waals surface area (Å²) in [5.41, 5.74) is 3.65. The van der Waals surface area contributed by atoms with Gasteiger partial charge in [0.2, 0.25) is 5.91 Å². The Morgan fingerprint density at radius 2 is 1.66 bits per heavy atom. The number of aliphatic carboxylic acids is 1. The maximum absolute atomic E-state index is 13.0. The summed E-state index contributed by atoms with van der Waals surface area (Å²) in [4.78, 5) is 39.0. The molecule has 35 heavy (non-hydrogen) atoms. The highest BCUT2D eigenvalue weighted by Gasteiger charge is 2.48. The first kappa shape index (κ1) is 24.8. The number of amides is 2. The van der Waals surface area contributed by atoms with Crippen molar-refractivity contribution in [1.82, 2.24) is 10.2 Å². The molecule has 0 saturated carbocycles. The fourth-order valence-electron chi connectivity index (χ4n) is 5.18. The van der Waals surface area contributed by atoms with E-state index < -0.39 is 23.5 Å². The zero-order chi connectivity index (χ0) is 25.3. The zero-order valence-corrected chi connectivity index (χ0v) is 20.8. The summed E-state index contributed by atoms with van der Waals surface area (Å²) >= 11 is 0. The topological polar surface area (TPSA) is 95.9 Å². The van der Waals surface area contributed by atoms with Gasteiger partial charge in [-0.3, -0.25) is 9.59 Å². The fourth-order valence-corrected chi connectivity index (χ4v) is 5.18. The van der Waals surface area contributed by atoms with Gasteiger partial charge in [-0.25, -0.2) is 4.79 Å². The van der Waals surface area contributed by atoms with Crippen LogP contribution in [0, 0.1) is 17.3 Å². The molecule has 4 rings (SSSR count). The molecule has 3 atom stereocenters. The van der Waals surface area contributed by atoms with Crippen LogP contribution in [0.15, 0.2) is 48.5 Å². The summed E-state index contributed by atoms with van der Waals surface area (Å²) in [6.45, 7) is 8.21. The minimum atomic E-state index is -0.955. The van der Waals surface area contributed by atoms with E-state index in [1.54, 1.807) is 11.8 Å². The summed E-state index contributed by atoms with van der Waals surface area (Å²) < 4.78 is 5.66. The van der Waals surface area contributed by atoms with Crippen molar-refractivity contribution in [2.75, 3.05) is 19.7 Å². The van der Waals surface area contributed by atoms with Crippen LogP contribution in [-0.2, 0) is 14.3 Å². The molecule has 7 heteroatoms. The number of fused-ring (bicyclic) bond motifs is 3. The Labute approximate surface area is 206 Å². The second-order valence-electron chi connectivity index (χ2n) is 10.4. The minimum Gasteiger partial charge on any atom is -0.481 e. The molecule has 1 aliphatic carbocycles. The molecular formula is C28H34N2O5. The predicted molar refractivity (Wildman–Crippen MR) is 133 cm³/mol. The molecule has 0 spiro atoms. The van der Waals surface area contributed by atoms with Crippen LogP contribution in [0.3, 0.4) is 0 Å². The lowest BCUT2D eigenvalue weighted by molar-refractivity contribution is -0.149. The molecule has 0 bridgehead atoms. The lowest BCUT2D eigenvalue weighted by Gasteiger charge is -2.26. The molecule has 186 valence electrons. The van der Waals surface area contributed by atoms with Crippen LogP contribution in [0.4, 0.5) is 4.79 Å². The van der Waals surface area contributed by atoms with Gasteiger partial charge in [0.05, 0.1) is 5.41 Å². The van der Waals surface area contributed by atoms with Gasteiger partial charge in [0.15, 0.2) is 0 Å². The van der Waals surface area contributed by atoms with Crippen molar-refractivity contribution >= 4 is 18.0 Å². The number of likely N-dealkylation sites (tertiary alicyclic amines) is 1. The van der Waals surface area contributed by atoms with Crippen LogP contribution in [0.2, 0.25) is 0 Å². The van der Waals surface area contributed by atoms with Crippen molar-refractivity contribution in [1.29, 1.82) is 0 Å². The molecule has 1 fully saturated rings. The van der Waals surface area contributed by atoms with Crippen LogP contribution < -0.4 is 5.32 Å². The molecule has 1 aliphatic heterocycles. The van der Waals surface area contributed by atoms with E-state index in [-0.39, 0.29) is 43.2 Å². The summed E-state index contributed by atoms with van der Waals surface area (Å²) in [6, 6.07) is 15.9. The van der Waals surface area contributed by atoms with Gasteiger partial charge in [-0.2, -0.15) is 0 Å². The average molecular weight is 479 g/mol. The Hall–Kier alpha value is -3.35. The molecule has 1 saturated heterocycles. The molecule has 0 radical (unpaired) electrons. The van der Waals surface area contributed by atoms with E-state index in [0.717, 1.165) is 22.3 Å². The molecule has 7 nitrogen and oxygen atoms in total. The van der Waals surface area contributed by atoms with Gasteiger partial charge in [-0.05, 0) is 41.0 Å². The van der Waals surface area contributed by atoms with E-state index in [1.807, 2.05) is 45.0 Å². The summed E-state index contributed by atoms with van der Waals surface area (Å²) in [7, 11) is 0. The molecule has 2 amide bonds. The van der Waals surface area contributed by atoms with E-state index >= 15 is 0 Å². The Bertz CT molecular complexity index is 1080. The van der Waals surface area contributed by atoms with Gasteiger partial charge < -0.3 is 20.1 Å². The molecule has 2 aromatic rings. The van der Waals surface area contributed by atoms with Crippen molar-refractivity contribution in [3.8, 4) is 11.1 Å². The number of carboxylic acids is 1. The molecule has 0 aromatic heterocycles. The lowest BCUT2D eigenvalue weighted by Crippen LogP contribution is -2.44. The van der Waals surface area contributed by atoms with Gasteiger partial charge in [0.1, 0.15) is 6.61 Å². The maximum Gasteiger partial charge on any atom is 0.407 e. The Morgan fingerprint density at radius 1 is 1.09 bits per heavy atom. The molecule has 2 aliphatic rings. The number of alkyl carbamates (subject to hydrolysis) is 1. The molecule has 2 N–H and O–H groups in total. The Kier molecular flexibility index (Phi) is 6.88. The average Bonchev–Trinajstić information content (AvgIpc) is 3.32. The van der Waals surface area contributed by atoms with Gasteiger partial charge >= 0.3 is 12.1 Å². The van der Waals surface area contributed by atoms with E-state index in [2.05, 4.69) is 29.6 Å². The van der Waals surface area contributed by atoms with Gasteiger partial charge in [-0.1, -0.05) is 69.3 Å². The van der Waals surface area contributed by atoms with Crippen LogP contribution in [0.5, 0.6) is 0 Å². The monoisotopic (exact) mass is 478 g/mol. The maximum atomic E-state index is 13.0. The molecule has 2 unspecified atom stereocenters. The first-order chi connectivity index (χ1) is 16.6. The normalized spacial score (nSPS) is 22.0. The smallest absolute Gasteiger partial charge is 0.407 e. The Balaban J connectivity index is 1.37. The van der Waals surface area contributed by atoms with Crippen LogP contribution in [-0.4, -0.2) is 53.7 Å². The van der Waals surface area contributed by atoms with Crippen molar-refractivity contribution in [2.45, 2.75) is 46.1 Å². The van der Waals surface area contributed by atoms with Gasteiger partial charge in [0.25, 0.3) is 0 Å². The fraction of sp³-hybridized carbons (Fsp3) is 0.464. The number of nitrogens with zero attached hydrogens (tertiary/aromatic N) is 1. The largest absolute Gasteiger partial charge is 0.481 e. The van der Waals surface area contributed by atoms with Crippen molar-refractivity contribution in [2.24, 2.45) is 17.3 Å². The number of carbonyl (C=O) groups excluding carboxylic acids is 2. The number of carboxylic acid groups (broad SMARTS) is 1. The van der Waals surface area contributed by atoms with E-state index in [9.17, 15) is 19.5 Å². The SMILES string of the molecule is CC(C)[C@@H](CC(=O)N1CC(C)C(C)(C(=O)O)C1)NC(=O)OCC1c2ccccc2-c2ccccc21. The second-order valence-corrected chi connectivity index (χ2v) is 10.4. The Morgan fingerprint density at radius 3 is 2.17 bits per heavy atom. The van der Waals surface area contributed by atoms with E-state index in [4.69, 9.17) is 4.74 Å². The zero-order valence-electron chi connectivity index (χ0n) is 20.8. The van der Waals surface area contributed by atoms with Crippen molar-refractivity contribution < 1.29 is 24.2 Å². The van der Waals surface area contributed by atoms with Gasteiger partial charge in [0, 0.05) is 31.5 Å². The molecule has 1 heterocycles. The third-order valence-corrected chi connectivity index (χ3v) is 7.79. The number of ether oxygens (including phenoxy) is 1. The van der Waals surface area contributed by atoms with E-state index in [1.165, 1.54) is 0 Å². The highest BCUT2D eigenvalue weighted by molar-refractivity contribution is 5.82. The highest BCUT2D eigenvalue weighted by atomic mass is 16.5. The predicted octanol–water partition coefficient (Wildman–Crippen LogP) is 4.51. The summed E-state index contributed by atoms with van der Waals surface area (Å²) in [5, 5.41) is 12.5. The van der Waals surface area contributed by atoms with Crippen molar-refractivity contribution in [3.05, 3.63) is 59.7 Å². The molecular weight excluding hydrogens is 444 g/mol. The first-order valence-electron chi connectivity index (χ1n) is 12.2. The summed E-state index contributed by atoms with van der Waals surface area (Å²) in [6.07, 6.45) is -0.451. The number of hydrogen-bond donors (Lipinski definition) is 2. The van der Waals surface area contributed by atoms with E-state index in [0.29, 0.717) is 6.54 Å². The van der Waals surface area contributed by atoms with Gasteiger partial charge in [-0.15, -0.1) is 0 Å². The van der Waals surface area contributed by atoms with Crippen LogP contribution >= 0.6 is 0 Å². The standard InChI is InChI=1S/C28H34N2O5/c1-17(2)24(13-25(31)30-14-18(3)28(4,16-30)26(32)33)29-27(34)35-15-23-21-11-7-5-9-19(21)20-10-6-8-12-22(20)23/h5-12,17-18,23-24H,13-16H2,1-4H3,(H,29,34)(H,32,33)/t18?,24-,28?/m1/s1. The third-order valence-electron chi connectivity index (χ3n) is 7.79. The third kappa shape index (κ3) is 4.77. The number of carbonyl (C=O) groups is 3. The highest BCUT2D eigenvalue weighted by Crippen LogP contribution is 2.44. The molecule has 2 aromatic carbocycles. The summed E-state index contributed by atoms with van der Waals surface area (Å²) in [5.74, 6) is -1.22. The minimum absolute atomic E-state index is 0.00492. The second kappa shape index (κ2) is 9.72. The first-order valence-corrected chi connectivity index (χ1v) is 12.2. The quantitative estimate of drug-likeness (QED) is 0.611. The number of rotatable bonds is 7. The van der Waals surface area contributed by atoms with Crippen molar-refractivity contribution in [3.63, 3.8) is 0 Å². The lowest BCUT2D eigenvalue weighted by atomic mass is 9.81.